The highest BCUT2D eigenvalue weighted by molar-refractivity contribution is 9.11. The van der Waals surface area contributed by atoms with Crippen molar-refractivity contribution < 1.29 is 4.79 Å². The van der Waals surface area contributed by atoms with Crippen molar-refractivity contribution in [3.05, 3.63) is 20.3 Å². The average Bonchev–Trinajstić information content (AvgIpc) is 2.61. The molecular weight excluding hydrogens is 392 g/mol. The third kappa shape index (κ3) is 4.03. The third-order valence-electron chi connectivity index (χ3n) is 3.34. The molecule has 106 valence electrons. The Kier molecular flexibility index (Phi) is 5.87. The Hall–Kier alpha value is 0.0900. The Bertz CT molecular complexity index is 430. The molecule has 3 nitrogen and oxygen atoms in total. The van der Waals surface area contributed by atoms with Crippen LogP contribution in [0.25, 0.3) is 0 Å². The first kappa shape index (κ1) is 15.5. The van der Waals surface area contributed by atoms with Crippen molar-refractivity contribution in [1.29, 1.82) is 0 Å². The number of hydrogen-bond acceptors (Lipinski definition) is 3. The molecule has 0 aliphatic carbocycles. The number of amides is 1. The molecular formula is C13H18Br2N2OS. The number of rotatable bonds is 3. The highest BCUT2D eigenvalue weighted by atomic mass is 79.9. The minimum atomic E-state index is 0.180. The van der Waals surface area contributed by atoms with E-state index in [1.165, 1.54) is 11.3 Å². The summed E-state index contributed by atoms with van der Waals surface area (Å²) in [7, 11) is 0. The van der Waals surface area contributed by atoms with E-state index in [1.54, 1.807) is 0 Å². The van der Waals surface area contributed by atoms with Gasteiger partial charge in [0, 0.05) is 31.5 Å². The second-order valence-electron chi connectivity index (χ2n) is 4.74. The quantitative estimate of drug-likeness (QED) is 0.714. The summed E-state index contributed by atoms with van der Waals surface area (Å²) in [6, 6.07) is 1.98. The van der Waals surface area contributed by atoms with Crippen LogP contribution in [0.5, 0.6) is 0 Å². The molecule has 6 heteroatoms. The topological polar surface area (TPSA) is 23.6 Å². The molecule has 0 N–H and O–H groups in total. The Morgan fingerprint density at radius 3 is 2.79 bits per heavy atom. The second-order valence-corrected chi connectivity index (χ2v) is 7.91. The SMILES string of the molecule is Cc1cc(C(=O)N2CCCN(CCBr)CC2)sc1Br. The number of carbonyl (C=O) groups excluding carboxylic acids is 1. The molecule has 1 fully saturated rings. The molecule has 0 saturated carbocycles. The Balaban J connectivity index is 1.99. The summed E-state index contributed by atoms with van der Waals surface area (Å²) in [6.07, 6.45) is 1.06. The van der Waals surface area contributed by atoms with Crippen LogP contribution in [0.1, 0.15) is 21.7 Å². The fourth-order valence-electron chi connectivity index (χ4n) is 2.24. The van der Waals surface area contributed by atoms with Gasteiger partial charge in [-0.1, -0.05) is 15.9 Å². The molecule has 0 aromatic carbocycles. The van der Waals surface area contributed by atoms with Gasteiger partial charge in [-0.05, 0) is 47.4 Å². The maximum Gasteiger partial charge on any atom is 0.264 e. The van der Waals surface area contributed by atoms with Gasteiger partial charge in [0.05, 0.1) is 8.66 Å². The lowest BCUT2D eigenvalue weighted by molar-refractivity contribution is 0.0766. The summed E-state index contributed by atoms with van der Waals surface area (Å²) in [5.41, 5.74) is 1.14. The molecule has 0 unspecified atom stereocenters. The van der Waals surface area contributed by atoms with Gasteiger partial charge < -0.3 is 9.80 Å². The monoisotopic (exact) mass is 408 g/mol. The van der Waals surface area contributed by atoms with Gasteiger partial charge in [0.25, 0.3) is 5.91 Å². The first-order chi connectivity index (χ1) is 9.11. The van der Waals surface area contributed by atoms with Gasteiger partial charge in [0.2, 0.25) is 0 Å². The van der Waals surface area contributed by atoms with E-state index in [4.69, 9.17) is 0 Å². The molecule has 1 aliphatic rings. The summed E-state index contributed by atoms with van der Waals surface area (Å²) in [4.78, 5) is 17.7. The first-order valence-electron chi connectivity index (χ1n) is 6.45. The van der Waals surface area contributed by atoms with Crippen molar-refractivity contribution in [2.24, 2.45) is 0 Å². The zero-order chi connectivity index (χ0) is 13.8. The lowest BCUT2D eigenvalue weighted by atomic mass is 10.3. The van der Waals surface area contributed by atoms with Crippen molar-refractivity contribution in [2.75, 3.05) is 38.1 Å². The average molecular weight is 410 g/mol. The van der Waals surface area contributed by atoms with Crippen LogP contribution in [0.4, 0.5) is 0 Å². The van der Waals surface area contributed by atoms with Crippen LogP contribution in [-0.2, 0) is 0 Å². The third-order valence-corrected chi connectivity index (χ3v) is 5.82. The molecule has 0 spiro atoms. The van der Waals surface area contributed by atoms with Crippen LogP contribution in [0, 0.1) is 6.92 Å². The summed E-state index contributed by atoms with van der Waals surface area (Å²) in [5.74, 6) is 0.180. The summed E-state index contributed by atoms with van der Waals surface area (Å²) in [5, 5.41) is 0.998. The van der Waals surface area contributed by atoms with Gasteiger partial charge in [-0.25, -0.2) is 0 Å². The summed E-state index contributed by atoms with van der Waals surface area (Å²) in [6.45, 7) is 6.85. The van der Waals surface area contributed by atoms with E-state index in [2.05, 4.69) is 36.8 Å². The van der Waals surface area contributed by atoms with Crippen LogP contribution < -0.4 is 0 Å². The highest BCUT2D eigenvalue weighted by Crippen LogP contribution is 2.28. The van der Waals surface area contributed by atoms with Gasteiger partial charge in [-0.3, -0.25) is 4.79 Å². The molecule has 1 aromatic heterocycles. The fraction of sp³-hybridized carbons (Fsp3) is 0.615. The van der Waals surface area contributed by atoms with Gasteiger partial charge in [-0.2, -0.15) is 0 Å². The molecule has 19 heavy (non-hydrogen) atoms. The van der Waals surface area contributed by atoms with Crippen molar-refractivity contribution in [1.82, 2.24) is 9.80 Å². The largest absolute Gasteiger partial charge is 0.337 e. The van der Waals surface area contributed by atoms with Gasteiger partial charge in [0.15, 0.2) is 0 Å². The number of halogens is 2. The molecule has 1 saturated heterocycles. The van der Waals surface area contributed by atoms with E-state index in [1.807, 2.05) is 17.9 Å². The second kappa shape index (κ2) is 7.20. The summed E-state index contributed by atoms with van der Waals surface area (Å²) < 4.78 is 1.06. The number of thiophene rings is 1. The van der Waals surface area contributed by atoms with Crippen molar-refractivity contribution >= 4 is 49.1 Å². The lowest BCUT2D eigenvalue weighted by Crippen LogP contribution is -2.35. The standard InChI is InChI=1S/C13H18Br2N2OS/c1-10-9-11(19-12(10)15)13(18)17-5-2-4-16(6-3-14)7-8-17/h9H,2-8H2,1H3. The van der Waals surface area contributed by atoms with Gasteiger partial charge in [0.1, 0.15) is 0 Å². The van der Waals surface area contributed by atoms with E-state index in [0.29, 0.717) is 0 Å². The minimum Gasteiger partial charge on any atom is -0.337 e. The zero-order valence-electron chi connectivity index (χ0n) is 11.0. The van der Waals surface area contributed by atoms with Crippen LogP contribution in [0.3, 0.4) is 0 Å². The molecule has 0 bridgehead atoms. The normalized spacial score (nSPS) is 17.5. The molecule has 0 atom stereocenters. The Labute approximate surface area is 135 Å². The first-order valence-corrected chi connectivity index (χ1v) is 9.18. The molecule has 2 heterocycles. The van der Waals surface area contributed by atoms with E-state index in [-0.39, 0.29) is 5.91 Å². The fourth-order valence-corrected chi connectivity index (χ4v) is 4.24. The Morgan fingerprint density at radius 1 is 1.37 bits per heavy atom. The van der Waals surface area contributed by atoms with E-state index >= 15 is 0 Å². The van der Waals surface area contributed by atoms with Crippen molar-refractivity contribution in [2.45, 2.75) is 13.3 Å². The number of nitrogens with zero attached hydrogens (tertiary/aromatic N) is 2. The van der Waals surface area contributed by atoms with E-state index in [0.717, 1.165) is 58.7 Å². The predicted octanol–water partition coefficient (Wildman–Crippen LogP) is 3.36. The molecule has 1 aliphatic heterocycles. The van der Waals surface area contributed by atoms with Crippen LogP contribution in [0.2, 0.25) is 0 Å². The molecule has 1 amide bonds. The number of carbonyl (C=O) groups is 1. The van der Waals surface area contributed by atoms with Gasteiger partial charge in [-0.15, -0.1) is 11.3 Å². The Morgan fingerprint density at radius 2 is 2.16 bits per heavy atom. The molecule has 2 rings (SSSR count). The van der Waals surface area contributed by atoms with Crippen LogP contribution in [0.15, 0.2) is 9.85 Å². The highest BCUT2D eigenvalue weighted by Gasteiger charge is 2.21. The van der Waals surface area contributed by atoms with Gasteiger partial charge >= 0.3 is 0 Å². The van der Waals surface area contributed by atoms with Crippen LogP contribution >= 0.6 is 43.2 Å². The number of aryl methyl sites for hydroxylation is 1. The number of hydrogen-bond donors (Lipinski definition) is 0. The zero-order valence-corrected chi connectivity index (χ0v) is 15.0. The number of alkyl halides is 1. The summed E-state index contributed by atoms with van der Waals surface area (Å²) >= 11 is 8.50. The molecule has 1 aromatic rings. The van der Waals surface area contributed by atoms with Crippen LogP contribution in [-0.4, -0.2) is 53.8 Å². The molecule has 0 radical (unpaired) electrons. The maximum atomic E-state index is 12.5. The van der Waals surface area contributed by atoms with E-state index < -0.39 is 0 Å². The maximum absolute atomic E-state index is 12.5. The lowest BCUT2D eigenvalue weighted by Gasteiger charge is -2.20. The van der Waals surface area contributed by atoms with E-state index in [9.17, 15) is 4.79 Å². The predicted molar refractivity (Wildman–Crippen MR) is 87.5 cm³/mol. The smallest absolute Gasteiger partial charge is 0.264 e. The van der Waals surface area contributed by atoms with Crippen molar-refractivity contribution in [3.63, 3.8) is 0 Å². The van der Waals surface area contributed by atoms with Crippen molar-refractivity contribution in [3.8, 4) is 0 Å². The minimum absolute atomic E-state index is 0.180.